The van der Waals surface area contributed by atoms with E-state index in [0.29, 0.717) is 35.4 Å². The molecule has 1 aromatic heterocycles. The summed E-state index contributed by atoms with van der Waals surface area (Å²) in [5, 5.41) is 3.68. The normalized spacial score (nSPS) is 18.3. The van der Waals surface area contributed by atoms with Crippen LogP contribution in [0.3, 0.4) is 0 Å². The highest BCUT2D eigenvalue weighted by Crippen LogP contribution is 2.33. The van der Waals surface area contributed by atoms with E-state index >= 15 is 0 Å². The standard InChI is InChI=1S/C26H28N2O4/c1-32-26(31)20-8-5-9-22-24(20)21(16-27-22)25(30)19-12-10-18(11-13-19)15-28-23(29)14-17-6-3-2-4-7-17/h2-9,16,18-19,27H,10-15H2,1H3,(H,28,29). The van der Waals surface area contributed by atoms with E-state index in [-0.39, 0.29) is 17.6 Å². The smallest absolute Gasteiger partial charge is 0.338 e. The highest BCUT2D eigenvalue weighted by Gasteiger charge is 2.29. The molecule has 1 aliphatic rings. The van der Waals surface area contributed by atoms with Gasteiger partial charge in [-0.1, -0.05) is 36.4 Å². The first-order chi connectivity index (χ1) is 15.6. The van der Waals surface area contributed by atoms with Crippen LogP contribution in [0.1, 0.15) is 52.0 Å². The van der Waals surface area contributed by atoms with E-state index < -0.39 is 5.97 Å². The molecule has 6 nitrogen and oxygen atoms in total. The van der Waals surface area contributed by atoms with E-state index in [1.807, 2.05) is 36.4 Å². The van der Waals surface area contributed by atoms with E-state index in [0.717, 1.165) is 36.8 Å². The maximum atomic E-state index is 13.3. The van der Waals surface area contributed by atoms with E-state index in [1.54, 1.807) is 18.3 Å². The fourth-order valence-electron chi connectivity index (χ4n) is 4.61. The van der Waals surface area contributed by atoms with Crippen LogP contribution in [0.4, 0.5) is 0 Å². The van der Waals surface area contributed by atoms with Crippen molar-refractivity contribution in [2.75, 3.05) is 13.7 Å². The summed E-state index contributed by atoms with van der Waals surface area (Å²) in [5.41, 5.74) is 2.72. The molecule has 2 aromatic carbocycles. The summed E-state index contributed by atoms with van der Waals surface area (Å²) in [6, 6.07) is 15.0. The molecule has 1 aliphatic carbocycles. The van der Waals surface area contributed by atoms with Crippen LogP contribution in [-0.4, -0.2) is 36.3 Å². The molecule has 0 spiro atoms. The quantitative estimate of drug-likeness (QED) is 0.430. The van der Waals surface area contributed by atoms with Crippen LogP contribution in [0.15, 0.2) is 54.7 Å². The van der Waals surface area contributed by atoms with Gasteiger partial charge < -0.3 is 15.0 Å². The maximum absolute atomic E-state index is 13.3. The van der Waals surface area contributed by atoms with Gasteiger partial charge in [0, 0.05) is 35.1 Å². The number of esters is 1. The highest BCUT2D eigenvalue weighted by atomic mass is 16.5. The van der Waals surface area contributed by atoms with Crippen molar-refractivity contribution < 1.29 is 19.1 Å². The number of ketones is 1. The largest absolute Gasteiger partial charge is 0.465 e. The minimum absolute atomic E-state index is 0.0310. The molecule has 6 heteroatoms. The first kappa shape index (κ1) is 21.8. The van der Waals surface area contributed by atoms with Crippen molar-refractivity contribution in [2.24, 2.45) is 11.8 Å². The third-order valence-corrected chi connectivity index (χ3v) is 6.39. The lowest BCUT2D eigenvalue weighted by molar-refractivity contribution is -0.120. The number of benzene rings is 2. The lowest BCUT2D eigenvalue weighted by Crippen LogP contribution is -2.33. The number of rotatable bonds is 7. The van der Waals surface area contributed by atoms with Gasteiger partial charge >= 0.3 is 5.97 Å². The average molecular weight is 433 g/mol. The molecule has 2 N–H and O–H groups in total. The van der Waals surface area contributed by atoms with Crippen molar-refractivity contribution >= 4 is 28.6 Å². The van der Waals surface area contributed by atoms with Gasteiger partial charge in [-0.3, -0.25) is 9.59 Å². The van der Waals surface area contributed by atoms with Gasteiger partial charge in [-0.2, -0.15) is 0 Å². The third kappa shape index (κ3) is 4.74. The van der Waals surface area contributed by atoms with Gasteiger partial charge in [0.2, 0.25) is 5.91 Å². The zero-order valence-electron chi connectivity index (χ0n) is 18.2. The molecule has 4 rings (SSSR count). The van der Waals surface area contributed by atoms with E-state index in [2.05, 4.69) is 10.3 Å². The van der Waals surface area contributed by atoms with Crippen molar-refractivity contribution in [3.8, 4) is 0 Å². The van der Waals surface area contributed by atoms with Gasteiger partial charge in [0.15, 0.2) is 5.78 Å². The molecule has 1 heterocycles. The van der Waals surface area contributed by atoms with Crippen molar-refractivity contribution in [3.05, 3.63) is 71.4 Å². The summed E-state index contributed by atoms with van der Waals surface area (Å²) in [5.74, 6) is -0.0368. The Morgan fingerprint density at radius 3 is 2.44 bits per heavy atom. The summed E-state index contributed by atoms with van der Waals surface area (Å²) in [6.07, 6.45) is 5.45. The molecule has 0 unspecified atom stereocenters. The minimum Gasteiger partial charge on any atom is -0.465 e. The molecule has 3 aromatic rings. The SMILES string of the molecule is COC(=O)c1cccc2[nH]cc(C(=O)C3CCC(CNC(=O)Cc4ccccc4)CC3)c12. The number of nitrogens with one attached hydrogen (secondary N) is 2. The van der Waals surface area contributed by atoms with Gasteiger partial charge in [0.1, 0.15) is 0 Å². The average Bonchev–Trinajstić information content (AvgIpc) is 3.27. The Kier molecular flexibility index (Phi) is 6.69. The Balaban J connectivity index is 1.34. The molecule has 0 atom stereocenters. The topological polar surface area (TPSA) is 88.3 Å². The van der Waals surface area contributed by atoms with Crippen molar-refractivity contribution in [1.82, 2.24) is 10.3 Å². The number of aromatic amines is 1. The molecule has 1 amide bonds. The number of fused-ring (bicyclic) bond motifs is 1. The zero-order chi connectivity index (χ0) is 22.5. The number of hydrogen-bond acceptors (Lipinski definition) is 4. The number of amides is 1. The Morgan fingerprint density at radius 1 is 0.969 bits per heavy atom. The maximum Gasteiger partial charge on any atom is 0.338 e. The lowest BCUT2D eigenvalue weighted by Gasteiger charge is -2.27. The monoisotopic (exact) mass is 432 g/mol. The van der Waals surface area contributed by atoms with Crippen LogP contribution < -0.4 is 5.32 Å². The number of Topliss-reactive ketones (excluding diaryl/α,β-unsaturated/α-hetero) is 1. The Bertz CT molecular complexity index is 1110. The Hall–Kier alpha value is -3.41. The predicted octanol–water partition coefficient (Wildman–Crippen LogP) is 4.30. The van der Waals surface area contributed by atoms with Crippen LogP contribution in [0, 0.1) is 11.8 Å². The molecule has 1 fully saturated rings. The second-order valence-electron chi connectivity index (χ2n) is 8.47. The fourth-order valence-corrected chi connectivity index (χ4v) is 4.61. The summed E-state index contributed by atoms with van der Waals surface area (Å²) in [4.78, 5) is 40.8. The lowest BCUT2D eigenvalue weighted by atomic mass is 9.78. The van der Waals surface area contributed by atoms with Crippen LogP contribution >= 0.6 is 0 Å². The van der Waals surface area contributed by atoms with E-state index in [9.17, 15) is 14.4 Å². The fraction of sp³-hybridized carbons (Fsp3) is 0.346. The Labute approximate surface area is 187 Å². The van der Waals surface area contributed by atoms with Crippen LogP contribution in [-0.2, 0) is 16.0 Å². The number of ether oxygens (including phenoxy) is 1. The zero-order valence-corrected chi connectivity index (χ0v) is 18.2. The van der Waals surface area contributed by atoms with Crippen LogP contribution in [0.2, 0.25) is 0 Å². The number of methoxy groups -OCH3 is 1. The summed E-state index contributed by atoms with van der Waals surface area (Å²) >= 11 is 0. The molecule has 0 radical (unpaired) electrons. The first-order valence-corrected chi connectivity index (χ1v) is 11.1. The summed E-state index contributed by atoms with van der Waals surface area (Å²) in [7, 11) is 1.34. The minimum atomic E-state index is -0.445. The van der Waals surface area contributed by atoms with Crippen LogP contribution in [0.25, 0.3) is 10.9 Å². The van der Waals surface area contributed by atoms with E-state index in [1.165, 1.54) is 7.11 Å². The van der Waals surface area contributed by atoms with Crippen LogP contribution in [0.5, 0.6) is 0 Å². The van der Waals surface area contributed by atoms with Crippen molar-refractivity contribution in [2.45, 2.75) is 32.1 Å². The van der Waals surface area contributed by atoms with Gasteiger partial charge in [-0.05, 0) is 49.3 Å². The number of hydrogen-bond donors (Lipinski definition) is 2. The number of H-pyrrole nitrogens is 1. The van der Waals surface area contributed by atoms with Crippen molar-refractivity contribution in [1.29, 1.82) is 0 Å². The third-order valence-electron chi connectivity index (χ3n) is 6.39. The number of aromatic nitrogens is 1. The molecule has 166 valence electrons. The predicted molar refractivity (Wildman–Crippen MR) is 123 cm³/mol. The van der Waals surface area contributed by atoms with Gasteiger partial charge in [-0.15, -0.1) is 0 Å². The summed E-state index contributed by atoms with van der Waals surface area (Å²) in [6.45, 7) is 0.645. The Morgan fingerprint density at radius 2 is 1.72 bits per heavy atom. The molecule has 1 saturated carbocycles. The molecule has 0 aliphatic heterocycles. The number of carbonyl (C=O) groups is 3. The van der Waals surface area contributed by atoms with Gasteiger partial charge in [-0.25, -0.2) is 4.79 Å². The van der Waals surface area contributed by atoms with Gasteiger partial charge in [0.25, 0.3) is 0 Å². The highest BCUT2D eigenvalue weighted by molar-refractivity contribution is 6.15. The molecule has 32 heavy (non-hydrogen) atoms. The van der Waals surface area contributed by atoms with Gasteiger partial charge in [0.05, 0.1) is 19.1 Å². The van der Waals surface area contributed by atoms with Crippen molar-refractivity contribution in [3.63, 3.8) is 0 Å². The molecule has 0 bridgehead atoms. The molecular weight excluding hydrogens is 404 g/mol. The number of carbonyl (C=O) groups excluding carboxylic acids is 3. The molecular formula is C26H28N2O4. The molecule has 0 saturated heterocycles. The van der Waals surface area contributed by atoms with E-state index in [4.69, 9.17) is 4.74 Å². The first-order valence-electron chi connectivity index (χ1n) is 11.1. The second-order valence-corrected chi connectivity index (χ2v) is 8.47. The second kappa shape index (κ2) is 9.81. The summed E-state index contributed by atoms with van der Waals surface area (Å²) < 4.78 is 4.89.